The van der Waals surface area contributed by atoms with Crippen molar-refractivity contribution < 1.29 is 23.5 Å². The molecule has 0 unspecified atom stereocenters. The highest BCUT2D eigenvalue weighted by molar-refractivity contribution is 6.00. The Morgan fingerprint density at radius 2 is 1.50 bits per heavy atom. The Morgan fingerprint density at radius 1 is 0.929 bits per heavy atom. The molecule has 0 saturated carbocycles. The number of carbonyl (C=O) groups excluding carboxylic acids is 2. The number of hydrogen-bond donors (Lipinski definition) is 0. The maximum atomic E-state index is 13.2. The van der Waals surface area contributed by atoms with Crippen LogP contribution in [0, 0.1) is 11.2 Å². The highest BCUT2D eigenvalue weighted by atomic mass is 19.1. The summed E-state index contributed by atoms with van der Waals surface area (Å²) in [6.07, 6.45) is -0.480. The first kappa shape index (κ1) is 21.6. The minimum absolute atomic E-state index is 0.0442. The third kappa shape index (κ3) is 5.65. The molecule has 0 N–H and O–H groups in total. The van der Waals surface area contributed by atoms with Gasteiger partial charge in [-0.25, -0.2) is 4.39 Å². The van der Waals surface area contributed by atoms with Crippen LogP contribution in [0.15, 0.2) is 54.6 Å². The topological polar surface area (TPSA) is 52.6 Å². The van der Waals surface area contributed by atoms with Gasteiger partial charge in [-0.2, -0.15) is 0 Å². The summed E-state index contributed by atoms with van der Waals surface area (Å²) in [6, 6.07) is 15.0. The number of hydrogen-bond acceptors (Lipinski definition) is 4. The monoisotopic (exact) mass is 386 g/mol. The van der Waals surface area contributed by atoms with Gasteiger partial charge in [-0.05, 0) is 64.3 Å². The van der Waals surface area contributed by atoms with Gasteiger partial charge in [0.2, 0.25) is 0 Å². The summed E-state index contributed by atoms with van der Waals surface area (Å²) in [6.45, 7) is 8.47. The smallest absolute Gasteiger partial charge is 0.324 e. The van der Waals surface area contributed by atoms with Crippen LogP contribution in [0.3, 0.4) is 0 Å². The van der Waals surface area contributed by atoms with E-state index in [4.69, 9.17) is 9.47 Å². The zero-order valence-electron chi connectivity index (χ0n) is 17.0. The highest BCUT2D eigenvalue weighted by Crippen LogP contribution is 2.31. The summed E-state index contributed by atoms with van der Waals surface area (Å²) >= 11 is 0. The van der Waals surface area contributed by atoms with Crippen molar-refractivity contribution in [2.45, 2.75) is 52.7 Å². The van der Waals surface area contributed by atoms with E-state index < -0.39 is 29.1 Å². The standard InChI is InChI=1S/C23H27FO4/c1-16(18-9-7-6-8-10-18)27-20(25)23(5,21(26)28-22(2,3)4)15-17-11-13-19(24)14-12-17/h6-14,16H,15H2,1-5H3/t16-,23+/m1/s1. The van der Waals surface area contributed by atoms with E-state index in [0.29, 0.717) is 5.56 Å². The second kappa shape index (κ2) is 8.55. The van der Waals surface area contributed by atoms with Gasteiger partial charge in [-0.1, -0.05) is 42.5 Å². The van der Waals surface area contributed by atoms with E-state index in [1.807, 2.05) is 30.3 Å². The Morgan fingerprint density at radius 3 is 2.04 bits per heavy atom. The largest absolute Gasteiger partial charge is 0.459 e. The fourth-order valence-corrected chi connectivity index (χ4v) is 2.71. The van der Waals surface area contributed by atoms with Gasteiger partial charge in [-0.3, -0.25) is 9.59 Å². The van der Waals surface area contributed by atoms with E-state index in [2.05, 4.69) is 0 Å². The van der Waals surface area contributed by atoms with E-state index in [1.165, 1.54) is 19.1 Å². The molecule has 0 radical (unpaired) electrons. The normalized spacial score (nSPS) is 14.6. The number of carbonyl (C=O) groups is 2. The molecule has 2 rings (SSSR count). The van der Waals surface area contributed by atoms with Crippen molar-refractivity contribution in [2.75, 3.05) is 0 Å². The van der Waals surface area contributed by atoms with Gasteiger partial charge in [-0.15, -0.1) is 0 Å². The molecule has 150 valence electrons. The van der Waals surface area contributed by atoms with Crippen LogP contribution in [0.4, 0.5) is 4.39 Å². The highest BCUT2D eigenvalue weighted by Gasteiger charge is 2.46. The second-order valence-corrected chi connectivity index (χ2v) is 8.10. The van der Waals surface area contributed by atoms with Crippen molar-refractivity contribution in [2.24, 2.45) is 5.41 Å². The zero-order valence-corrected chi connectivity index (χ0v) is 17.0. The number of rotatable bonds is 6. The van der Waals surface area contributed by atoms with E-state index in [0.717, 1.165) is 5.56 Å². The molecule has 4 nitrogen and oxygen atoms in total. The summed E-state index contributed by atoms with van der Waals surface area (Å²) in [5.74, 6) is -1.74. The fourth-order valence-electron chi connectivity index (χ4n) is 2.71. The SMILES string of the molecule is C[C@@H](OC(=O)[C@](C)(Cc1ccc(F)cc1)C(=O)OC(C)(C)C)c1ccccc1. The van der Waals surface area contributed by atoms with E-state index >= 15 is 0 Å². The minimum Gasteiger partial charge on any atom is -0.459 e. The van der Waals surface area contributed by atoms with Gasteiger partial charge < -0.3 is 9.47 Å². The predicted octanol–water partition coefficient (Wildman–Crippen LogP) is 5.02. The Kier molecular flexibility index (Phi) is 6.60. The minimum atomic E-state index is -1.56. The van der Waals surface area contributed by atoms with Crippen molar-refractivity contribution in [1.82, 2.24) is 0 Å². The molecule has 0 aliphatic rings. The van der Waals surface area contributed by atoms with Crippen molar-refractivity contribution >= 4 is 11.9 Å². The number of ether oxygens (including phenoxy) is 2. The van der Waals surface area contributed by atoms with Gasteiger partial charge in [0.05, 0.1) is 0 Å². The molecule has 0 spiro atoms. The summed E-state index contributed by atoms with van der Waals surface area (Å²) in [5.41, 5.74) is -0.857. The van der Waals surface area contributed by atoms with E-state index in [9.17, 15) is 14.0 Å². The second-order valence-electron chi connectivity index (χ2n) is 8.10. The van der Waals surface area contributed by atoms with E-state index in [-0.39, 0.29) is 12.2 Å². The first-order chi connectivity index (χ1) is 13.0. The molecule has 2 aromatic rings. The summed E-state index contributed by atoms with van der Waals surface area (Å²) in [7, 11) is 0. The van der Waals surface area contributed by atoms with Crippen LogP contribution >= 0.6 is 0 Å². The molecule has 0 bridgehead atoms. The van der Waals surface area contributed by atoms with Crippen LogP contribution in [-0.4, -0.2) is 17.5 Å². The van der Waals surface area contributed by atoms with Crippen LogP contribution in [0.25, 0.3) is 0 Å². The molecule has 28 heavy (non-hydrogen) atoms. The number of halogens is 1. The number of esters is 2. The Labute approximate surface area is 165 Å². The van der Waals surface area contributed by atoms with Crippen molar-refractivity contribution in [1.29, 1.82) is 0 Å². The molecule has 0 fully saturated rings. The average Bonchev–Trinajstić information content (AvgIpc) is 2.62. The Bertz CT molecular complexity index is 809. The predicted molar refractivity (Wildman–Crippen MR) is 105 cm³/mol. The van der Waals surface area contributed by atoms with Gasteiger partial charge in [0.1, 0.15) is 17.5 Å². The molecular formula is C23H27FO4. The molecule has 0 aliphatic heterocycles. The first-order valence-electron chi connectivity index (χ1n) is 9.25. The average molecular weight is 386 g/mol. The molecule has 2 atom stereocenters. The summed E-state index contributed by atoms with van der Waals surface area (Å²) < 4.78 is 24.3. The van der Waals surface area contributed by atoms with Crippen molar-refractivity contribution in [3.63, 3.8) is 0 Å². The van der Waals surface area contributed by atoms with Crippen LogP contribution < -0.4 is 0 Å². The van der Waals surface area contributed by atoms with Crippen molar-refractivity contribution in [3.8, 4) is 0 Å². The maximum absolute atomic E-state index is 13.2. The van der Waals surface area contributed by atoms with Gasteiger partial charge in [0.15, 0.2) is 5.41 Å². The molecule has 0 heterocycles. The molecule has 5 heteroatoms. The van der Waals surface area contributed by atoms with Crippen molar-refractivity contribution in [3.05, 3.63) is 71.5 Å². The van der Waals surface area contributed by atoms with Gasteiger partial charge in [0, 0.05) is 0 Å². The van der Waals surface area contributed by atoms with Gasteiger partial charge in [0.25, 0.3) is 0 Å². The third-order valence-electron chi connectivity index (χ3n) is 4.32. The van der Waals surface area contributed by atoms with Crippen LogP contribution in [0.5, 0.6) is 0 Å². The van der Waals surface area contributed by atoms with Crippen LogP contribution in [0.2, 0.25) is 0 Å². The first-order valence-corrected chi connectivity index (χ1v) is 9.25. The molecule has 0 amide bonds. The third-order valence-corrected chi connectivity index (χ3v) is 4.32. The van der Waals surface area contributed by atoms with Crippen LogP contribution in [-0.2, 0) is 25.5 Å². The molecule has 0 saturated heterocycles. The Hall–Kier alpha value is -2.69. The summed E-state index contributed by atoms with van der Waals surface area (Å²) in [5, 5.41) is 0. The molecule has 0 aromatic heterocycles. The lowest BCUT2D eigenvalue weighted by atomic mass is 9.83. The molecular weight excluding hydrogens is 359 g/mol. The molecule has 0 aliphatic carbocycles. The van der Waals surface area contributed by atoms with Gasteiger partial charge >= 0.3 is 11.9 Å². The summed E-state index contributed by atoms with van der Waals surface area (Å²) in [4.78, 5) is 26.0. The lowest BCUT2D eigenvalue weighted by Gasteiger charge is -2.31. The van der Waals surface area contributed by atoms with Crippen LogP contribution in [0.1, 0.15) is 51.8 Å². The fraction of sp³-hybridized carbons (Fsp3) is 0.391. The quantitative estimate of drug-likeness (QED) is 0.517. The Balaban J connectivity index is 2.29. The lowest BCUT2D eigenvalue weighted by molar-refractivity contribution is -0.180. The number of benzene rings is 2. The zero-order chi connectivity index (χ0) is 20.9. The lowest BCUT2D eigenvalue weighted by Crippen LogP contribution is -2.44. The molecule has 2 aromatic carbocycles. The van der Waals surface area contributed by atoms with E-state index in [1.54, 1.807) is 39.8 Å². The maximum Gasteiger partial charge on any atom is 0.324 e.